The molecule has 5 rings (SSSR count). The van der Waals surface area contributed by atoms with Crippen LogP contribution in [0.5, 0.6) is 0 Å². The molecule has 1 aromatic carbocycles. The highest BCUT2D eigenvalue weighted by atomic mass is 79.9. The highest BCUT2D eigenvalue weighted by Crippen LogP contribution is 2.35. The lowest BCUT2D eigenvalue weighted by Gasteiger charge is -2.24. The molecule has 1 aliphatic carbocycles. The SMILES string of the molecule is Nc1nc2cc(CCC3=CC(N4CCc5c(N)ncnc54)CC3)ccc2cc1Br. The molecule has 0 fully saturated rings. The molecule has 0 bridgehead atoms. The maximum Gasteiger partial charge on any atom is 0.138 e. The molecule has 3 aromatic rings. The number of halogens is 1. The number of hydrogen-bond acceptors (Lipinski definition) is 6. The predicted octanol–water partition coefficient (Wildman–Crippen LogP) is 4.04. The first-order valence-electron chi connectivity index (χ1n) is 9.99. The average Bonchev–Trinajstić information content (AvgIpc) is 3.35. The molecule has 2 aliphatic rings. The van der Waals surface area contributed by atoms with Crippen LogP contribution in [0, 0.1) is 0 Å². The number of rotatable bonds is 4. The summed E-state index contributed by atoms with van der Waals surface area (Å²) < 4.78 is 0.843. The number of pyridine rings is 1. The minimum Gasteiger partial charge on any atom is -0.383 e. The monoisotopic (exact) mass is 450 g/mol. The molecule has 0 saturated heterocycles. The van der Waals surface area contributed by atoms with Gasteiger partial charge in [-0.25, -0.2) is 15.0 Å². The molecule has 2 aromatic heterocycles. The van der Waals surface area contributed by atoms with Crippen LogP contribution in [0.1, 0.15) is 30.4 Å². The Morgan fingerprint density at radius 2 is 1.97 bits per heavy atom. The number of anilines is 3. The van der Waals surface area contributed by atoms with Crippen LogP contribution in [0.3, 0.4) is 0 Å². The lowest BCUT2D eigenvalue weighted by Crippen LogP contribution is -2.31. The lowest BCUT2D eigenvalue weighted by molar-refractivity contribution is 0.679. The molecule has 1 atom stereocenters. The lowest BCUT2D eigenvalue weighted by atomic mass is 10.0. The van der Waals surface area contributed by atoms with Crippen LogP contribution in [0.15, 0.2) is 46.7 Å². The number of aryl methyl sites for hydroxylation is 1. The highest BCUT2D eigenvalue weighted by molar-refractivity contribution is 9.10. The molecule has 0 amide bonds. The summed E-state index contributed by atoms with van der Waals surface area (Å²) in [6.45, 7) is 0.972. The molecule has 0 saturated carbocycles. The molecule has 7 heteroatoms. The van der Waals surface area contributed by atoms with Gasteiger partial charge in [-0.15, -0.1) is 0 Å². The molecule has 29 heavy (non-hydrogen) atoms. The van der Waals surface area contributed by atoms with Crippen molar-refractivity contribution in [2.45, 2.75) is 38.1 Å². The molecular formula is C22H23BrN6. The molecule has 6 nitrogen and oxygen atoms in total. The number of fused-ring (bicyclic) bond motifs is 2. The minimum atomic E-state index is 0.413. The van der Waals surface area contributed by atoms with E-state index in [4.69, 9.17) is 11.5 Å². The van der Waals surface area contributed by atoms with Gasteiger partial charge in [0.2, 0.25) is 0 Å². The van der Waals surface area contributed by atoms with E-state index in [-0.39, 0.29) is 0 Å². The highest BCUT2D eigenvalue weighted by Gasteiger charge is 2.30. The van der Waals surface area contributed by atoms with Gasteiger partial charge < -0.3 is 16.4 Å². The van der Waals surface area contributed by atoms with E-state index >= 15 is 0 Å². The van der Waals surface area contributed by atoms with Crippen molar-refractivity contribution in [2.75, 3.05) is 22.9 Å². The van der Waals surface area contributed by atoms with E-state index in [1.54, 1.807) is 6.33 Å². The Bertz CT molecular complexity index is 1130. The van der Waals surface area contributed by atoms with Crippen molar-refractivity contribution in [3.8, 4) is 0 Å². The Morgan fingerprint density at radius 1 is 1.07 bits per heavy atom. The van der Waals surface area contributed by atoms with Gasteiger partial charge in [-0.1, -0.05) is 23.8 Å². The number of benzene rings is 1. The molecule has 1 unspecified atom stereocenters. The Labute approximate surface area is 178 Å². The molecule has 1 aliphatic heterocycles. The normalized spacial score (nSPS) is 18.3. The topological polar surface area (TPSA) is 94.0 Å². The first-order chi connectivity index (χ1) is 14.1. The maximum atomic E-state index is 6.02. The zero-order valence-corrected chi connectivity index (χ0v) is 17.7. The van der Waals surface area contributed by atoms with Crippen LogP contribution in [0.25, 0.3) is 10.9 Å². The maximum absolute atomic E-state index is 6.02. The van der Waals surface area contributed by atoms with Gasteiger partial charge in [0, 0.05) is 23.5 Å². The Hall–Kier alpha value is -2.67. The minimum absolute atomic E-state index is 0.413. The van der Waals surface area contributed by atoms with E-state index in [2.05, 4.69) is 60.1 Å². The largest absolute Gasteiger partial charge is 0.383 e. The van der Waals surface area contributed by atoms with Gasteiger partial charge in [-0.2, -0.15) is 0 Å². The van der Waals surface area contributed by atoms with E-state index < -0.39 is 0 Å². The summed E-state index contributed by atoms with van der Waals surface area (Å²) in [6.07, 6.45) is 9.31. The van der Waals surface area contributed by atoms with E-state index in [1.807, 2.05) is 6.07 Å². The predicted molar refractivity (Wildman–Crippen MR) is 121 cm³/mol. The Balaban J connectivity index is 1.28. The second kappa shape index (κ2) is 7.30. The van der Waals surface area contributed by atoms with E-state index in [1.165, 1.54) is 11.1 Å². The first kappa shape index (κ1) is 18.4. The Morgan fingerprint density at radius 3 is 2.86 bits per heavy atom. The summed E-state index contributed by atoms with van der Waals surface area (Å²) in [5.74, 6) is 2.17. The zero-order chi connectivity index (χ0) is 20.0. The van der Waals surface area contributed by atoms with Crippen molar-refractivity contribution >= 4 is 44.3 Å². The van der Waals surface area contributed by atoms with Crippen molar-refractivity contribution < 1.29 is 0 Å². The summed E-state index contributed by atoms with van der Waals surface area (Å²) in [5, 5.41) is 1.10. The van der Waals surface area contributed by atoms with Crippen molar-refractivity contribution in [1.82, 2.24) is 15.0 Å². The number of nitrogens with two attached hydrogens (primary N) is 2. The van der Waals surface area contributed by atoms with E-state index in [9.17, 15) is 0 Å². The van der Waals surface area contributed by atoms with Crippen molar-refractivity contribution in [2.24, 2.45) is 0 Å². The summed E-state index contributed by atoms with van der Waals surface area (Å²) in [4.78, 5) is 15.5. The van der Waals surface area contributed by atoms with Crippen LogP contribution < -0.4 is 16.4 Å². The van der Waals surface area contributed by atoms with Crippen LogP contribution in [-0.4, -0.2) is 27.5 Å². The van der Waals surface area contributed by atoms with Crippen molar-refractivity contribution in [3.05, 3.63) is 57.8 Å². The van der Waals surface area contributed by atoms with Crippen LogP contribution >= 0.6 is 15.9 Å². The summed E-state index contributed by atoms with van der Waals surface area (Å²) in [7, 11) is 0. The summed E-state index contributed by atoms with van der Waals surface area (Å²) in [6, 6.07) is 8.91. The molecule has 148 valence electrons. The second-order valence-corrected chi connectivity index (χ2v) is 8.67. The number of allylic oxidation sites excluding steroid dienone is 1. The van der Waals surface area contributed by atoms with E-state index in [0.717, 1.165) is 65.4 Å². The van der Waals surface area contributed by atoms with Crippen LogP contribution in [0.4, 0.5) is 17.5 Å². The summed E-state index contributed by atoms with van der Waals surface area (Å²) in [5.41, 5.74) is 16.8. The van der Waals surface area contributed by atoms with Crippen molar-refractivity contribution in [1.29, 1.82) is 0 Å². The molecule has 4 N–H and O–H groups in total. The number of nitrogen functional groups attached to an aromatic ring is 2. The average molecular weight is 451 g/mol. The smallest absolute Gasteiger partial charge is 0.138 e. The third-order valence-corrected chi connectivity index (χ3v) is 6.65. The molecule has 3 heterocycles. The van der Waals surface area contributed by atoms with Crippen LogP contribution in [-0.2, 0) is 12.8 Å². The fourth-order valence-corrected chi connectivity index (χ4v) is 4.79. The molecular weight excluding hydrogens is 428 g/mol. The van der Waals surface area contributed by atoms with Gasteiger partial charge in [-0.3, -0.25) is 0 Å². The van der Waals surface area contributed by atoms with E-state index in [0.29, 0.717) is 17.7 Å². The zero-order valence-electron chi connectivity index (χ0n) is 16.1. The van der Waals surface area contributed by atoms with Gasteiger partial charge in [-0.05, 0) is 65.7 Å². The first-order valence-corrected chi connectivity index (χ1v) is 10.8. The standard InChI is InChI=1S/C22H23BrN6/c23-18-11-15-5-3-14(10-19(15)28-21(18)25)2-1-13-4-6-16(9-13)29-8-7-17-20(24)26-12-27-22(17)29/h3,5,9-12,16H,1-2,4,6-8H2,(H2,25,28)(H2,24,26,27). The third-order valence-electron chi connectivity index (χ3n) is 6.02. The van der Waals surface area contributed by atoms with Gasteiger partial charge in [0.25, 0.3) is 0 Å². The number of hydrogen-bond donors (Lipinski definition) is 2. The number of nitrogens with zero attached hydrogens (tertiary/aromatic N) is 4. The fraction of sp³-hybridized carbons (Fsp3) is 0.318. The van der Waals surface area contributed by atoms with Crippen LogP contribution in [0.2, 0.25) is 0 Å². The van der Waals surface area contributed by atoms with Gasteiger partial charge in [0.1, 0.15) is 23.8 Å². The third kappa shape index (κ3) is 3.44. The fourth-order valence-electron chi connectivity index (χ4n) is 4.45. The quantitative estimate of drug-likeness (QED) is 0.582. The summed E-state index contributed by atoms with van der Waals surface area (Å²) >= 11 is 3.44. The number of aromatic nitrogens is 3. The van der Waals surface area contributed by atoms with Gasteiger partial charge in [0.05, 0.1) is 9.99 Å². The van der Waals surface area contributed by atoms with Gasteiger partial charge >= 0.3 is 0 Å². The second-order valence-electron chi connectivity index (χ2n) is 7.82. The molecule has 0 radical (unpaired) electrons. The van der Waals surface area contributed by atoms with Crippen molar-refractivity contribution in [3.63, 3.8) is 0 Å². The Kier molecular flexibility index (Phi) is 4.62. The molecule has 0 spiro atoms. The van der Waals surface area contributed by atoms with Gasteiger partial charge in [0.15, 0.2) is 0 Å².